The molecule has 0 saturated heterocycles. The Morgan fingerprint density at radius 1 is 1.69 bits per heavy atom. The Balaban J connectivity index is 2.20. The van der Waals surface area contributed by atoms with Gasteiger partial charge in [0.25, 0.3) is 0 Å². The van der Waals surface area contributed by atoms with Crippen LogP contribution in [0.4, 0.5) is 0 Å². The summed E-state index contributed by atoms with van der Waals surface area (Å²) in [5.74, 6) is 0. The Morgan fingerprint density at radius 2 is 2.54 bits per heavy atom. The lowest BCUT2D eigenvalue weighted by atomic mass is 10.5. The van der Waals surface area contributed by atoms with Crippen LogP contribution >= 0.6 is 11.3 Å². The minimum atomic E-state index is 0.713. The van der Waals surface area contributed by atoms with Crippen LogP contribution in [0.5, 0.6) is 0 Å². The Morgan fingerprint density at radius 3 is 3.23 bits per heavy atom. The van der Waals surface area contributed by atoms with Crippen molar-refractivity contribution in [2.45, 2.75) is 6.54 Å². The molecule has 0 amide bonds. The van der Waals surface area contributed by atoms with Gasteiger partial charge in [-0.1, -0.05) is 0 Å². The number of thiazole rings is 1. The van der Waals surface area contributed by atoms with Gasteiger partial charge < -0.3 is 4.84 Å². The van der Waals surface area contributed by atoms with Crippen molar-refractivity contribution < 1.29 is 4.84 Å². The Hall–Kier alpha value is -0.910. The van der Waals surface area contributed by atoms with Crippen molar-refractivity contribution in [3.8, 4) is 0 Å². The second-order valence-corrected chi connectivity index (χ2v) is 3.67. The van der Waals surface area contributed by atoms with E-state index in [-0.39, 0.29) is 0 Å². The summed E-state index contributed by atoms with van der Waals surface area (Å²) in [6.07, 6.45) is 4.02. The van der Waals surface area contributed by atoms with Gasteiger partial charge >= 0.3 is 0 Å². The van der Waals surface area contributed by atoms with Gasteiger partial charge in [0.05, 0.1) is 19.3 Å². The summed E-state index contributed by atoms with van der Waals surface area (Å²) in [6.45, 7) is 0.713. The molecule has 0 aromatic carbocycles. The average molecular weight is 197 g/mol. The van der Waals surface area contributed by atoms with E-state index >= 15 is 0 Å². The number of hydrogen-bond donors (Lipinski definition) is 0. The number of hydrogen-bond acceptors (Lipinski definition) is 4. The van der Waals surface area contributed by atoms with Gasteiger partial charge in [-0.3, -0.25) is 4.40 Å². The van der Waals surface area contributed by atoms with Crippen LogP contribution in [0.25, 0.3) is 4.96 Å². The van der Waals surface area contributed by atoms with Crippen LogP contribution in [0.3, 0.4) is 0 Å². The highest BCUT2D eigenvalue weighted by Gasteiger charge is 2.04. The van der Waals surface area contributed by atoms with Gasteiger partial charge in [-0.25, -0.2) is 4.98 Å². The third-order valence-electron chi connectivity index (χ3n) is 1.84. The third kappa shape index (κ3) is 1.72. The summed E-state index contributed by atoms with van der Waals surface area (Å²) in [6, 6.07) is 0. The zero-order valence-corrected chi connectivity index (χ0v) is 8.41. The molecular formula is C8H11N3OS. The molecular weight excluding hydrogens is 186 g/mol. The molecule has 2 rings (SSSR count). The summed E-state index contributed by atoms with van der Waals surface area (Å²) < 4.78 is 2.02. The number of imidazole rings is 1. The summed E-state index contributed by atoms with van der Waals surface area (Å²) in [7, 11) is 3.53. The highest BCUT2D eigenvalue weighted by atomic mass is 32.1. The molecule has 0 unspecified atom stereocenters. The monoisotopic (exact) mass is 197 g/mol. The number of nitrogens with zero attached hydrogens (tertiary/aromatic N) is 3. The van der Waals surface area contributed by atoms with Crippen molar-refractivity contribution in [1.82, 2.24) is 14.4 Å². The quantitative estimate of drug-likeness (QED) is 0.696. The summed E-state index contributed by atoms with van der Waals surface area (Å²) in [4.78, 5) is 10.5. The van der Waals surface area contributed by atoms with E-state index in [1.807, 2.05) is 29.2 Å². The zero-order chi connectivity index (χ0) is 9.26. The van der Waals surface area contributed by atoms with E-state index in [1.165, 1.54) is 0 Å². The molecule has 13 heavy (non-hydrogen) atoms. The maximum atomic E-state index is 5.01. The summed E-state index contributed by atoms with van der Waals surface area (Å²) in [5, 5.41) is 3.76. The second kappa shape index (κ2) is 3.45. The fourth-order valence-corrected chi connectivity index (χ4v) is 1.86. The smallest absolute Gasteiger partial charge is 0.193 e. The molecule has 0 aliphatic heterocycles. The fourth-order valence-electron chi connectivity index (χ4n) is 1.14. The van der Waals surface area contributed by atoms with Crippen molar-refractivity contribution in [2.24, 2.45) is 0 Å². The topological polar surface area (TPSA) is 29.8 Å². The van der Waals surface area contributed by atoms with Gasteiger partial charge in [0.1, 0.15) is 0 Å². The minimum absolute atomic E-state index is 0.713. The van der Waals surface area contributed by atoms with E-state index in [0.717, 1.165) is 10.7 Å². The number of aromatic nitrogens is 2. The maximum Gasteiger partial charge on any atom is 0.193 e. The normalized spacial score (nSPS) is 11.6. The highest BCUT2D eigenvalue weighted by molar-refractivity contribution is 7.15. The predicted octanol–water partition coefficient (Wildman–Crippen LogP) is 1.39. The molecule has 4 nitrogen and oxygen atoms in total. The standard InChI is InChI=1S/C8H11N3OS/c1-10(12-2)5-7-6-11-3-4-13-8(11)9-7/h3-4,6H,5H2,1-2H3. The first-order valence-corrected chi connectivity index (χ1v) is 4.84. The lowest BCUT2D eigenvalue weighted by Crippen LogP contribution is -2.15. The lowest BCUT2D eigenvalue weighted by Gasteiger charge is -2.10. The fraction of sp³-hybridized carbons (Fsp3) is 0.375. The van der Waals surface area contributed by atoms with Crippen molar-refractivity contribution in [3.63, 3.8) is 0 Å². The van der Waals surface area contributed by atoms with E-state index in [1.54, 1.807) is 23.5 Å². The molecule has 0 N–H and O–H groups in total. The van der Waals surface area contributed by atoms with Crippen molar-refractivity contribution >= 4 is 16.3 Å². The molecule has 0 aliphatic carbocycles. The van der Waals surface area contributed by atoms with E-state index in [4.69, 9.17) is 4.84 Å². The van der Waals surface area contributed by atoms with E-state index in [0.29, 0.717) is 6.54 Å². The van der Waals surface area contributed by atoms with Crippen molar-refractivity contribution in [2.75, 3.05) is 14.2 Å². The van der Waals surface area contributed by atoms with Crippen LogP contribution in [-0.4, -0.2) is 28.6 Å². The molecule has 70 valence electrons. The lowest BCUT2D eigenvalue weighted by molar-refractivity contribution is -0.117. The van der Waals surface area contributed by atoms with Gasteiger partial charge in [-0.05, 0) is 0 Å². The number of hydroxylamine groups is 2. The van der Waals surface area contributed by atoms with E-state index in [2.05, 4.69) is 4.98 Å². The van der Waals surface area contributed by atoms with Crippen molar-refractivity contribution in [3.05, 3.63) is 23.5 Å². The minimum Gasteiger partial charge on any atom is -0.302 e. The summed E-state index contributed by atoms with van der Waals surface area (Å²) >= 11 is 1.64. The molecule has 2 heterocycles. The van der Waals surface area contributed by atoms with Crippen LogP contribution in [0.2, 0.25) is 0 Å². The third-order valence-corrected chi connectivity index (χ3v) is 2.61. The van der Waals surface area contributed by atoms with Crippen LogP contribution in [0.1, 0.15) is 5.69 Å². The zero-order valence-electron chi connectivity index (χ0n) is 7.60. The predicted molar refractivity (Wildman–Crippen MR) is 51.5 cm³/mol. The molecule has 0 bridgehead atoms. The van der Waals surface area contributed by atoms with Gasteiger partial charge in [-0.2, -0.15) is 5.06 Å². The Labute approximate surface area is 80.3 Å². The molecule has 0 aliphatic rings. The first kappa shape index (κ1) is 8.68. The number of fused-ring (bicyclic) bond motifs is 1. The average Bonchev–Trinajstić information content (AvgIpc) is 2.63. The summed E-state index contributed by atoms with van der Waals surface area (Å²) in [5.41, 5.74) is 1.02. The molecule has 0 spiro atoms. The first-order chi connectivity index (χ1) is 6.29. The molecule has 2 aromatic rings. The second-order valence-electron chi connectivity index (χ2n) is 2.79. The SMILES string of the molecule is CON(C)Cc1cn2ccsc2n1. The molecule has 0 fully saturated rings. The molecule has 5 heteroatoms. The van der Waals surface area contributed by atoms with Crippen LogP contribution < -0.4 is 0 Å². The molecule has 0 radical (unpaired) electrons. The van der Waals surface area contributed by atoms with Crippen LogP contribution in [0, 0.1) is 0 Å². The Bertz CT molecular complexity index is 366. The first-order valence-electron chi connectivity index (χ1n) is 3.96. The molecule has 0 saturated carbocycles. The molecule has 2 aromatic heterocycles. The van der Waals surface area contributed by atoms with Crippen molar-refractivity contribution in [1.29, 1.82) is 0 Å². The van der Waals surface area contributed by atoms with Crippen LogP contribution in [-0.2, 0) is 11.4 Å². The van der Waals surface area contributed by atoms with Gasteiger partial charge in [0.2, 0.25) is 0 Å². The van der Waals surface area contributed by atoms with Gasteiger partial charge in [-0.15, -0.1) is 11.3 Å². The number of rotatable bonds is 3. The van der Waals surface area contributed by atoms with Gasteiger partial charge in [0.15, 0.2) is 4.96 Å². The maximum absolute atomic E-state index is 5.01. The van der Waals surface area contributed by atoms with E-state index < -0.39 is 0 Å². The van der Waals surface area contributed by atoms with Gasteiger partial charge in [0, 0.05) is 24.8 Å². The Kier molecular flexibility index (Phi) is 2.30. The largest absolute Gasteiger partial charge is 0.302 e. The highest BCUT2D eigenvalue weighted by Crippen LogP contribution is 2.12. The van der Waals surface area contributed by atoms with E-state index in [9.17, 15) is 0 Å². The van der Waals surface area contributed by atoms with Crippen LogP contribution in [0.15, 0.2) is 17.8 Å². The molecule has 0 atom stereocenters.